The zero-order valence-electron chi connectivity index (χ0n) is 14.2. The van der Waals surface area contributed by atoms with E-state index in [1.807, 2.05) is 60.7 Å². The van der Waals surface area contributed by atoms with Gasteiger partial charge in [-0.3, -0.25) is 0 Å². The number of anilines is 1. The number of urea groups is 1. The van der Waals surface area contributed by atoms with E-state index in [0.29, 0.717) is 26.1 Å². The molecule has 0 unspecified atom stereocenters. The lowest BCUT2D eigenvalue weighted by Gasteiger charge is -2.42. The SMILES string of the molecule is O=C(Nc1ccccc1)N[C@H](c1ccccc1)C1(CO)CCOCC1. The van der Waals surface area contributed by atoms with Crippen molar-refractivity contribution >= 4 is 11.7 Å². The van der Waals surface area contributed by atoms with Crippen LogP contribution in [0, 0.1) is 5.41 Å². The van der Waals surface area contributed by atoms with Crippen molar-refractivity contribution in [1.29, 1.82) is 0 Å². The van der Waals surface area contributed by atoms with E-state index in [-0.39, 0.29) is 18.7 Å². The first-order valence-corrected chi connectivity index (χ1v) is 8.60. The quantitative estimate of drug-likeness (QED) is 0.782. The van der Waals surface area contributed by atoms with Gasteiger partial charge in [-0.1, -0.05) is 48.5 Å². The summed E-state index contributed by atoms with van der Waals surface area (Å²) >= 11 is 0. The number of amides is 2. The summed E-state index contributed by atoms with van der Waals surface area (Å²) in [5, 5.41) is 16.1. The molecule has 3 rings (SSSR count). The van der Waals surface area contributed by atoms with Crippen LogP contribution in [0.1, 0.15) is 24.4 Å². The summed E-state index contributed by atoms with van der Waals surface area (Å²) in [7, 11) is 0. The second kappa shape index (κ2) is 8.14. The van der Waals surface area contributed by atoms with Crippen LogP contribution in [0.2, 0.25) is 0 Å². The summed E-state index contributed by atoms with van der Waals surface area (Å²) in [6.07, 6.45) is 1.41. The van der Waals surface area contributed by atoms with Crippen LogP contribution in [0.4, 0.5) is 10.5 Å². The van der Waals surface area contributed by atoms with E-state index in [1.165, 1.54) is 0 Å². The average molecular weight is 340 g/mol. The lowest BCUT2D eigenvalue weighted by atomic mass is 9.72. The van der Waals surface area contributed by atoms with Crippen molar-refractivity contribution in [2.24, 2.45) is 5.41 Å². The summed E-state index contributed by atoms with van der Waals surface area (Å²) in [5.74, 6) is 0. The molecule has 0 bridgehead atoms. The van der Waals surface area contributed by atoms with E-state index in [9.17, 15) is 9.90 Å². The molecule has 0 radical (unpaired) electrons. The number of nitrogens with one attached hydrogen (secondary N) is 2. The Balaban J connectivity index is 1.82. The van der Waals surface area contributed by atoms with E-state index < -0.39 is 5.41 Å². The standard InChI is InChI=1S/C20H24N2O3/c23-15-20(11-13-25-14-12-20)18(16-7-3-1-4-8-16)22-19(24)21-17-9-5-2-6-10-17/h1-10,18,23H,11-15H2,(H2,21,22,24)/t18-/m1/s1. The monoisotopic (exact) mass is 340 g/mol. The summed E-state index contributed by atoms with van der Waals surface area (Å²) in [6, 6.07) is 18.6. The molecule has 3 N–H and O–H groups in total. The molecule has 2 aromatic carbocycles. The highest BCUT2D eigenvalue weighted by atomic mass is 16.5. The van der Waals surface area contributed by atoms with Crippen molar-refractivity contribution in [3.63, 3.8) is 0 Å². The molecule has 25 heavy (non-hydrogen) atoms. The van der Waals surface area contributed by atoms with Crippen LogP contribution in [0.3, 0.4) is 0 Å². The Kier molecular flexibility index (Phi) is 5.68. The molecule has 5 heteroatoms. The van der Waals surface area contributed by atoms with Gasteiger partial charge < -0.3 is 20.5 Å². The third-order valence-electron chi connectivity index (χ3n) is 4.86. The van der Waals surface area contributed by atoms with Gasteiger partial charge in [0.25, 0.3) is 0 Å². The van der Waals surface area contributed by atoms with Gasteiger partial charge in [0, 0.05) is 24.3 Å². The molecule has 1 atom stereocenters. The molecule has 1 saturated heterocycles. The molecule has 0 aromatic heterocycles. The van der Waals surface area contributed by atoms with Crippen LogP contribution in [-0.4, -0.2) is 31.0 Å². The molecule has 0 spiro atoms. The average Bonchev–Trinajstić information content (AvgIpc) is 2.68. The first-order chi connectivity index (χ1) is 12.2. The second-order valence-corrected chi connectivity index (χ2v) is 6.44. The molecular formula is C20H24N2O3. The highest BCUT2D eigenvalue weighted by Gasteiger charge is 2.41. The van der Waals surface area contributed by atoms with Crippen LogP contribution < -0.4 is 10.6 Å². The first kappa shape index (κ1) is 17.5. The Hall–Kier alpha value is -2.37. The Labute approximate surface area is 148 Å². The Morgan fingerprint density at radius 1 is 1.04 bits per heavy atom. The lowest BCUT2D eigenvalue weighted by Crippen LogP contribution is -2.47. The fourth-order valence-corrected chi connectivity index (χ4v) is 3.37. The number of para-hydroxylation sites is 1. The fraction of sp³-hybridized carbons (Fsp3) is 0.350. The molecule has 1 aliphatic heterocycles. The van der Waals surface area contributed by atoms with Crippen molar-refractivity contribution in [3.05, 3.63) is 66.2 Å². The Bertz CT molecular complexity index is 670. The van der Waals surface area contributed by atoms with Gasteiger partial charge in [0.15, 0.2) is 0 Å². The minimum Gasteiger partial charge on any atom is -0.396 e. The number of aliphatic hydroxyl groups is 1. The number of rotatable bonds is 5. The number of ether oxygens (including phenoxy) is 1. The van der Waals surface area contributed by atoms with Crippen molar-refractivity contribution in [2.75, 3.05) is 25.1 Å². The van der Waals surface area contributed by atoms with Crippen LogP contribution in [-0.2, 0) is 4.74 Å². The topological polar surface area (TPSA) is 70.6 Å². The van der Waals surface area contributed by atoms with Gasteiger partial charge in [-0.05, 0) is 30.5 Å². The lowest BCUT2D eigenvalue weighted by molar-refractivity contribution is -0.0357. The fourth-order valence-electron chi connectivity index (χ4n) is 3.37. The number of carbonyl (C=O) groups excluding carboxylic acids is 1. The molecule has 2 amide bonds. The highest BCUT2D eigenvalue weighted by molar-refractivity contribution is 5.89. The number of hydrogen-bond acceptors (Lipinski definition) is 3. The molecule has 132 valence electrons. The molecule has 0 aliphatic carbocycles. The normalized spacial score (nSPS) is 17.5. The molecule has 2 aromatic rings. The molecule has 1 heterocycles. The van der Waals surface area contributed by atoms with Crippen molar-refractivity contribution < 1.29 is 14.6 Å². The largest absolute Gasteiger partial charge is 0.396 e. The van der Waals surface area contributed by atoms with Crippen LogP contribution in [0.5, 0.6) is 0 Å². The Morgan fingerprint density at radius 3 is 2.24 bits per heavy atom. The molecule has 1 fully saturated rings. The van der Waals surface area contributed by atoms with E-state index >= 15 is 0 Å². The maximum absolute atomic E-state index is 12.6. The zero-order chi connectivity index (χ0) is 17.5. The summed E-state index contributed by atoms with van der Waals surface area (Å²) in [6.45, 7) is 1.18. The number of benzene rings is 2. The maximum atomic E-state index is 12.6. The van der Waals surface area contributed by atoms with Crippen LogP contribution in [0.15, 0.2) is 60.7 Å². The van der Waals surface area contributed by atoms with Crippen molar-refractivity contribution in [1.82, 2.24) is 5.32 Å². The third-order valence-corrected chi connectivity index (χ3v) is 4.86. The predicted octanol–water partition coefficient (Wildman–Crippen LogP) is 3.34. The minimum absolute atomic E-state index is 0.00153. The van der Waals surface area contributed by atoms with E-state index in [1.54, 1.807) is 0 Å². The number of hydrogen-bond donors (Lipinski definition) is 3. The van der Waals surface area contributed by atoms with Crippen molar-refractivity contribution in [3.8, 4) is 0 Å². The number of aliphatic hydroxyl groups excluding tert-OH is 1. The van der Waals surface area contributed by atoms with E-state index in [0.717, 1.165) is 11.3 Å². The van der Waals surface area contributed by atoms with Crippen LogP contribution in [0.25, 0.3) is 0 Å². The van der Waals surface area contributed by atoms with Gasteiger partial charge in [0.1, 0.15) is 0 Å². The van der Waals surface area contributed by atoms with Gasteiger partial charge >= 0.3 is 6.03 Å². The van der Waals surface area contributed by atoms with E-state index in [4.69, 9.17) is 4.74 Å². The smallest absolute Gasteiger partial charge is 0.319 e. The summed E-state index contributed by atoms with van der Waals surface area (Å²) < 4.78 is 5.47. The van der Waals surface area contributed by atoms with Gasteiger partial charge in [0.05, 0.1) is 12.6 Å². The van der Waals surface area contributed by atoms with Gasteiger partial charge in [-0.25, -0.2) is 4.79 Å². The molecule has 5 nitrogen and oxygen atoms in total. The van der Waals surface area contributed by atoms with E-state index in [2.05, 4.69) is 10.6 Å². The summed E-state index contributed by atoms with van der Waals surface area (Å²) in [4.78, 5) is 12.6. The summed E-state index contributed by atoms with van der Waals surface area (Å²) in [5.41, 5.74) is 1.30. The van der Waals surface area contributed by atoms with Gasteiger partial charge in [-0.15, -0.1) is 0 Å². The molecule has 0 saturated carbocycles. The van der Waals surface area contributed by atoms with Crippen molar-refractivity contribution in [2.45, 2.75) is 18.9 Å². The Morgan fingerprint density at radius 2 is 1.64 bits per heavy atom. The number of carbonyl (C=O) groups is 1. The van der Waals surface area contributed by atoms with Gasteiger partial charge in [0.2, 0.25) is 0 Å². The molecular weight excluding hydrogens is 316 g/mol. The van der Waals surface area contributed by atoms with Gasteiger partial charge in [-0.2, -0.15) is 0 Å². The zero-order valence-corrected chi connectivity index (χ0v) is 14.2. The first-order valence-electron chi connectivity index (χ1n) is 8.60. The molecule has 1 aliphatic rings. The predicted molar refractivity (Wildman–Crippen MR) is 97.4 cm³/mol. The third kappa shape index (κ3) is 4.18. The second-order valence-electron chi connectivity index (χ2n) is 6.44. The van der Waals surface area contributed by atoms with Crippen LogP contribution >= 0.6 is 0 Å². The minimum atomic E-state index is -0.423. The highest BCUT2D eigenvalue weighted by Crippen LogP contribution is 2.42. The maximum Gasteiger partial charge on any atom is 0.319 e.